The molecule has 0 amide bonds. The highest BCUT2D eigenvalue weighted by Gasteiger charge is 2.15. The van der Waals surface area contributed by atoms with Gasteiger partial charge in [0.2, 0.25) is 6.79 Å². The Hall–Kier alpha value is -1.84. The third kappa shape index (κ3) is 0.796. The lowest BCUT2D eigenvalue weighted by Gasteiger charge is -1.96. The lowest BCUT2D eigenvalue weighted by Crippen LogP contribution is -1.92. The first-order chi connectivity index (χ1) is 6.34. The number of hydrogen-bond donors (Lipinski definition) is 2. The van der Waals surface area contributed by atoms with Crippen LogP contribution < -0.4 is 15.2 Å². The zero-order valence-corrected chi connectivity index (χ0v) is 6.83. The first-order valence-electron chi connectivity index (χ1n) is 4.01. The summed E-state index contributed by atoms with van der Waals surface area (Å²) in [6.45, 7) is 0.293. The van der Waals surface area contributed by atoms with Crippen molar-refractivity contribution < 1.29 is 9.47 Å². The number of hydrogen-bond acceptors (Lipinski definition) is 3. The average Bonchev–Trinajstić information content (AvgIpc) is 2.70. The van der Waals surface area contributed by atoms with E-state index < -0.39 is 0 Å². The largest absolute Gasteiger partial charge is 0.454 e. The quantitative estimate of drug-likeness (QED) is 0.639. The second-order valence-electron chi connectivity index (χ2n) is 3.00. The highest BCUT2D eigenvalue weighted by molar-refractivity contribution is 5.93. The van der Waals surface area contributed by atoms with Crippen molar-refractivity contribution in [1.29, 1.82) is 0 Å². The van der Waals surface area contributed by atoms with Gasteiger partial charge in [-0.3, -0.25) is 0 Å². The molecule has 0 fully saturated rings. The van der Waals surface area contributed by atoms with Gasteiger partial charge in [-0.1, -0.05) is 0 Å². The summed E-state index contributed by atoms with van der Waals surface area (Å²) in [7, 11) is 0. The SMILES string of the molecule is Nc1c[nH]c2cc3c(cc12)OCO3. The highest BCUT2D eigenvalue weighted by atomic mass is 16.7. The number of H-pyrrole nitrogens is 1. The molecule has 3 rings (SSSR count). The van der Waals surface area contributed by atoms with Crippen LogP contribution in [-0.4, -0.2) is 11.8 Å². The number of aromatic amines is 1. The lowest BCUT2D eigenvalue weighted by atomic mass is 10.2. The molecule has 0 atom stereocenters. The van der Waals surface area contributed by atoms with Gasteiger partial charge in [-0.2, -0.15) is 0 Å². The third-order valence-electron chi connectivity index (χ3n) is 2.21. The van der Waals surface area contributed by atoms with Gasteiger partial charge < -0.3 is 20.2 Å². The molecule has 2 heterocycles. The van der Waals surface area contributed by atoms with E-state index in [0.29, 0.717) is 6.79 Å². The van der Waals surface area contributed by atoms with Crippen LogP contribution in [0.5, 0.6) is 11.5 Å². The molecule has 2 aromatic rings. The first-order valence-corrected chi connectivity index (χ1v) is 4.01. The molecule has 0 unspecified atom stereocenters. The van der Waals surface area contributed by atoms with Crippen LogP contribution in [-0.2, 0) is 0 Å². The summed E-state index contributed by atoms with van der Waals surface area (Å²) in [4.78, 5) is 3.06. The Balaban J connectivity index is 2.38. The number of aromatic nitrogens is 1. The molecular weight excluding hydrogens is 168 g/mol. The van der Waals surface area contributed by atoms with Gasteiger partial charge in [0, 0.05) is 17.6 Å². The predicted octanol–water partition coefficient (Wildman–Crippen LogP) is 1.48. The van der Waals surface area contributed by atoms with Crippen LogP contribution in [0, 0.1) is 0 Å². The van der Waals surface area contributed by atoms with Gasteiger partial charge in [-0.15, -0.1) is 0 Å². The molecule has 0 saturated heterocycles. The molecule has 66 valence electrons. The van der Waals surface area contributed by atoms with Crippen LogP contribution in [0.15, 0.2) is 18.3 Å². The summed E-state index contributed by atoms with van der Waals surface area (Å²) in [5.74, 6) is 1.54. The maximum absolute atomic E-state index is 5.74. The maximum Gasteiger partial charge on any atom is 0.231 e. The summed E-state index contributed by atoms with van der Waals surface area (Å²) in [5, 5.41) is 0.976. The molecule has 4 nitrogen and oxygen atoms in total. The molecule has 4 heteroatoms. The topological polar surface area (TPSA) is 60.3 Å². The van der Waals surface area contributed by atoms with E-state index in [0.717, 1.165) is 28.1 Å². The van der Waals surface area contributed by atoms with Crippen molar-refractivity contribution in [2.75, 3.05) is 12.5 Å². The van der Waals surface area contributed by atoms with Crippen LogP contribution in [0.25, 0.3) is 10.9 Å². The van der Waals surface area contributed by atoms with Crippen molar-refractivity contribution in [3.63, 3.8) is 0 Å². The molecule has 13 heavy (non-hydrogen) atoms. The van der Waals surface area contributed by atoms with Gasteiger partial charge in [0.05, 0.1) is 11.2 Å². The Morgan fingerprint density at radius 1 is 1.23 bits per heavy atom. The Morgan fingerprint density at radius 2 is 2.00 bits per heavy atom. The Kier molecular flexibility index (Phi) is 1.07. The van der Waals surface area contributed by atoms with Crippen molar-refractivity contribution in [3.8, 4) is 11.5 Å². The fraction of sp³-hybridized carbons (Fsp3) is 0.111. The summed E-state index contributed by atoms with van der Waals surface area (Å²) < 4.78 is 10.5. The molecule has 1 aromatic heterocycles. The van der Waals surface area contributed by atoms with Crippen molar-refractivity contribution in [2.45, 2.75) is 0 Å². The van der Waals surface area contributed by atoms with E-state index >= 15 is 0 Å². The highest BCUT2D eigenvalue weighted by Crippen LogP contribution is 2.37. The fourth-order valence-corrected chi connectivity index (χ4v) is 1.53. The van der Waals surface area contributed by atoms with Crippen molar-refractivity contribution in [1.82, 2.24) is 4.98 Å². The van der Waals surface area contributed by atoms with Crippen molar-refractivity contribution >= 4 is 16.6 Å². The standard InChI is InChI=1S/C9H8N2O2/c10-6-3-11-7-2-9-8(1-5(6)7)12-4-13-9/h1-3,11H,4,10H2. The van der Waals surface area contributed by atoms with Gasteiger partial charge in [-0.25, -0.2) is 0 Å². The van der Waals surface area contributed by atoms with Crippen molar-refractivity contribution in [2.24, 2.45) is 0 Å². The summed E-state index contributed by atoms with van der Waals surface area (Å²) in [6.07, 6.45) is 1.76. The molecule has 0 spiro atoms. The summed E-state index contributed by atoms with van der Waals surface area (Å²) in [6, 6.07) is 3.79. The van der Waals surface area contributed by atoms with Crippen molar-refractivity contribution in [3.05, 3.63) is 18.3 Å². The van der Waals surface area contributed by atoms with Crippen LogP contribution in [0.3, 0.4) is 0 Å². The van der Waals surface area contributed by atoms with E-state index in [-0.39, 0.29) is 0 Å². The molecule has 3 N–H and O–H groups in total. The molecule has 1 aromatic carbocycles. The molecule has 0 radical (unpaired) electrons. The number of fused-ring (bicyclic) bond motifs is 2. The fourth-order valence-electron chi connectivity index (χ4n) is 1.53. The Morgan fingerprint density at radius 3 is 2.85 bits per heavy atom. The van der Waals surface area contributed by atoms with Crippen LogP contribution >= 0.6 is 0 Å². The predicted molar refractivity (Wildman–Crippen MR) is 48.8 cm³/mol. The monoisotopic (exact) mass is 176 g/mol. The average molecular weight is 176 g/mol. The number of ether oxygens (including phenoxy) is 2. The van der Waals surface area contributed by atoms with E-state index in [1.54, 1.807) is 6.20 Å². The van der Waals surface area contributed by atoms with Gasteiger partial charge >= 0.3 is 0 Å². The van der Waals surface area contributed by atoms with Gasteiger partial charge in [0.25, 0.3) is 0 Å². The molecule has 1 aliphatic rings. The summed E-state index contributed by atoms with van der Waals surface area (Å²) in [5.41, 5.74) is 7.45. The zero-order valence-electron chi connectivity index (χ0n) is 6.83. The maximum atomic E-state index is 5.74. The van der Waals surface area contributed by atoms with Gasteiger partial charge in [0.15, 0.2) is 11.5 Å². The van der Waals surface area contributed by atoms with Gasteiger partial charge in [-0.05, 0) is 6.07 Å². The van der Waals surface area contributed by atoms with E-state index in [1.807, 2.05) is 12.1 Å². The van der Waals surface area contributed by atoms with Crippen LogP contribution in [0.1, 0.15) is 0 Å². The Labute approximate surface area is 74.2 Å². The number of nitrogens with one attached hydrogen (secondary N) is 1. The first kappa shape index (κ1) is 6.65. The number of nitrogen functional groups attached to an aromatic ring is 1. The van der Waals surface area contributed by atoms with E-state index in [9.17, 15) is 0 Å². The second-order valence-corrected chi connectivity index (χ2v) is 3.00. The zero-order chi connectivity index (χ0) is 8.84. The normalized spacial score (nSPS) is 13.8. The third-order valence-corrected chi connectivity index (χ3v) is 2.21. The minimum Gasteiger partial charge on any atom is -0.454 e. The summed E-state index contributed by atoms with van der Waals surface area (Å²) >= 11 is 0. The number of benzene rings is 1. The van der Waals surface area contributed by atoms with E-state index in [2.05, 4.69) is 4.98 Å². The molecule has 0 aliphatic carbocycles. The minimum atomic E-state index is 0.293. The van der Waals surface area contributed by atoms with Crippen LogP contribution in [0.4, 0.5) is 5.69 Å². The Bertz CT molecular complexity index is 476. The molecule has 0 bridgehead atoms. The molecule has 0 saturated carbocycles. The van der Waals surface area contributed by atoms with Crippen LogP contribution in [0.2, 0.25) is 0 Å². The second kappa shape index (κ2) is 2.10. The van der Waals surface area contributed by atoms with E-state index in [4.69, 9.17) is 15.2 Å². The minimum absolute atomic E-state index is 0.293. The molecule has 1 aliphatic heterocycles. The van der Waals surface area contributed by atoms with Gasteiger partial charge in [0.1, 0.15) is 0 Å². The number of nitrogens with two attached hydrogens (primary N) is 1. The number of anilines is 1. The van der Waals surface area contributed by atoms with E-state index in [1.165, 1.54) is 0 Å². The number of rotatable bonds is 0. The molecular formula is C9H8N2O2. The smallest absolute Gasteiger partial charge is 0.231 e. The lowest BCUT2D eigenvalue weighted by molar-refractivity contribution is 0.174.